The van der Waals surface area contributed by atoms with E-state index in [1.807, 2.05) is 36.4 Å². The summed E-state index contributed by atoms with van der Waals surface area (Å²) in [4.78, 5) is 49.8. The number of esters is 1. The predicted octanol–water partition coefficient (Wildman–Crippen LogP) is 4.09. The second-order valence-electron chi connectivity index (χ2n) is 6.41. The summed E-state index contributed by atoms with van der Waals surface area (Å²) in [6.07, 6.45) is 5.07. The van der Waals surface area contributed by atoms with Gasteiger partial charge < -0.3 is 10.1 Å². The van der Waals surface area contributed by atoms with Gasteiger partial charge in [0.1, 0.15) is 6.54 Å². The van der Waals surface area contributed by atoms with Crippen LogP contribution in [0.5, 0.6) is 0 Å². The number of rotatable bonds is 7. The molecule has 0 spiro atoms. The quantitative estimate of drug-likeness (QED) is 0.519. The van der Waals surface area contributed by atoms with Crippen LogP contribution in [0.4, 0.5) is 10.5 Å². The van der Waals surface area contributed by atoms with E-state index in [4.69, 9.17) is 4.74 Å². The zero-order chi connectivity index (χ0) is 22.2. The van der Waals surface area contributed by atoms with Gasteiger partial charge in [-0.3, -0.25) is 19.3 Å². The minimum Gasteiger partial charge on any atom is -0.462 e. The van der Waals surface area contributed by atoms with Crippen LogP contribution in [-0.2, 0) is 14.3 Å². The maximum Gasteiger partial charge on any atom is 0.338 e. The summed E-state index contributed by atoms with van der Waals surface area (Å²) in [5.74, 6) is -1.49. The van der Waals surface area contributed by atoms with E-state index in [1.165, 1.54) is 12.1 Å². The lowest BCUT2D eigenvalue weighted by molar-refractivity contribution is -0.127. The largest absolute Gasteiger partial charge is 0.462 e. The maximum absolute atomic E-state index is 12.5. The maximum atomic E-state index is 12.5. The second kappa shape index (κ2) is 10.4. The fourth-order valence-electron chi connectivity index (χ4n) is 2.71. The molecule has 3 amide bonds. The smallest absolute Gasteiger partial charge is 0.338 e. The highest BCUT2D eigenvalue weighted by Gasteiger charge is 2.35. The monoisotopic (exact) mass is 436 g/mol. The molecule has 1 fully saturated rings. The van der Waals surface area contributed by atoms with Gasteiger partial charge in [-0.25, -0.2) is 4.79 Å². The van der Waals surface area contributed by atoms with Crippen LogP contribution in [0.1, 0.15) is 22.8 Å². The fraction of sp³-hybridized carbons (Fsp3) is 0.130. The molecule has 0 aliphatic carbocycles. The van der Waals surface area contributed by atoms with E-state index in [1.54, 1.807) is 31.2 Å². The number of hydrogen-bond acceptors (Lipinski definition) is 6. The lowest BCUT2D eigenvalue weighted by atomic mass is 10.2. The topological polar surface area (TPSA) is 92.8 Å². The standard InChI is InChI=1S/C23H20N2O5S/c1-2-30-22(28)17-11-13-18(14-12-17)24-20(26)15-25-21(27)19(31-23(25)29)10-6-9-16-7-4-3-5-8-16/h3-14H,2,15H2,1H3,(H,24,26)/b9-6+,19-10-. The first-order chi connectivity index (χ1) is 15.0. The van der Waals surface area contributed by atoms with Gasteiger partial charge in [-0.05, 0) is 54.6 Å². The van der Waals surface area contributed by atoms with Crippen molar-refractivity contribution < 1.29 is 23.9 Å². The Kier molecular flexibility index (Phi) is 7.40. The average molecular weight is 436 g/mol. The summed E-state index contributed by atoms with van der Waals surface area (Å²) < 4.78 is 4.90. The number of amides is 3. The van der Waals surface area contributed by atoms with Crippen LogP contribution in [0.25, 0.3) is 6.08 Å². The third-order valence-electron chi connectivity index (χ3n) is 4.19. The number of anilines is 1. The molecule has 1 aliphatic heterocycles. The molecule has 31 heavy (non-hydrogen) atoms. The normalized spacial score (nSPS) is 15.0. The highest BCUT2D eigenvalue weighted by molar-refractivity contribution is 8.18. The van der Waals surface area contributed by atoms with Crippen LogP contribution in [0, 0.1) is 0 Å². The first-order valence-electron chi connectivity index (χ1n) is 9.52. The van der Waals surface area contributed by atoms with Gasteiger partial charge in [0.15, 0.2) is 0 Å². The number of imide groups is 1. The lowest BCUT2D eigenvalue weighted by Crippen LogP contribution is -2.36. The van der Waals surface area contributed by atoms with Gasteiger partial charge in [-0.15, -0.1) is 0 Å². The summed E-state index contributed by atoms with van der Waals surface area (Å²) in [5.41, 5.74) is 1.76. The minimum atomic E-state index is -0.521. The molecular weight excluding hydrogens is 416 g/mol. The summed E-state index contributed by atoms with van der Waals surface area (Å²) in [5, 5.41) is 2.11. The average Bonchev–Trinajstić information content (AvgIpc) is 3.02. The Morgan fingerprint density at radius 1 is 1.06 bits per heavy atom. The van der Waals surface area contributed by atoms with Gasteiger partial charge in [-0.1, -0.05) is 42.5 Å². The van der Waals surface area contributed by atoms with Crippen LogP contribution in [-0.4, -0.2) is 41.1 Å². The highest BCUT2D eigenvalue weighted by atomic mass is 32.2. The number of benzene rings is 2. The lowest BCUT2D eigenvalue weighted by Gasteiger charge is -2.12. The van der Waals surface area contributed by atoms with E-state index in [9.17, 15) is 19.2 Å². The Hall–Kier alpha value is -3.65. The molecule has 1 aliphatic rings. The van der Waals surface area contributed by atoms with E-state index in [0.29, 0.717) is 11.3 Å². The molecule has 0 saturated carbocycles. The van der Waals surface area contributed by atoms with Gasteiger partial charge in [0.25, 0.3) is 11.1 Å². The number of hydrogen-bond donors (Lipinski definition) is 1. The molecule has 0 bridgehead atoms. The van der Waals surface area contributed by atoms with Crippen molar-refractivity contribution in [1.82, 2.24) is 4.90 Å². The molecule has 1 heterocycles. The molecule has 158 valence electrons. The van der Waals surface area contributed by atoms with Crippen molar-refractivity contribution >= 4 is 46.5 Å². The molecule has 1 saturated heterocycles. The van der Waals surface area contributed by atoms with Gasteiger partial charge in [0, 0.05) is 5.69 Å². The molecule has 0 radical (unpaired) electrons. The van der Waals surface area contributed by atoms with Crippen LogP contribution >= 0.6 is 11.8 Å². The molecule has 8 heteroatoms. The first kappa shape index (κ1) is 22.0. The van der Waals surface area contributed by atoms with Crippen molar-refractivity contribution in [3.05, 3.63) is 82.8 Å². The SMILES string of the molecule is CCOC(=O)c1ccc(NC(=O)CN2C(=O)S/C(=C\C=C\c3ccccc3)C2=O)cc1. The molecular formula is C23H20N2O5S. The Morgan fingerprint density at radius 2 is 1.77 bits per heavy atom. The number of nitrogens with zero attached hydrogens (tertiary/aromatic N) is 1. The van der Waals surface area contributed by atoms with Crippen LogP contribution in [0.3, 0.4) is 0 Å². The van der Waals surface area contributed by atoms with Crippen molar-refractivity contribution in [2.45, 2.75) is 6.92 Å². The van der Waals surface area contributed by atoms with Gasteiger partial charge in [0.05, 0.1) is 17.1 Å². The first-order valence-corrected chi connectivity index (χ1v) is 10.3. The second-order valence-corrected chi connectivity index (χ2v) is 7.40. The highest BCUT2D eigenvalue weighted by Crippen LogP contribution is 2.30. The van der Waals surface area contributed by atoms with E-state index in [2.05, 4.69) is 5.32 Å². The molecule has 2 aromatic rings. The predicted molar refractivity (Wildman–Crippen MR) is 119 cm³/mol. The number of nitrogens with one attached hydrogen (secondary N) is 1. The van der Waals surface area contributed by atoms with Crippen molar-refractivity contribution in [2.75, 3.05) is 18.5 Å². The molecule has 0 aromatic heterocycles. The minimum absolute atomic E-state index is 0.253. The number of carbonyl (C=O) groups excluding carboxylic acids is 4. The Labute approximate surface area is 183 Å². The van der Waals surface area contributed by atoms with Gasteiger partial charge in [-0.2, -0.15) is 0 Å². The van der Waals surface area contributed by atoms with Crippen LogP contribution in [0.15, 0.2) is 71.7 Å². The van der Waals surface area contributed by atoms with Crippen molar-refractivity contribution in [2.24, 2.45) is 0 Å². The van der Waals surface area contributed by atoms with E-state index in [-0.39, 0.29) is 11.5 Å². The molecule has 0 atom stereocenters. The summed E-state index contributed by atoms with van der Waals surface area (Å²) in [6.45, 7) is 1.58. The van der Waals surface area contributed by atoms with Crippen LogP contribution < -0.4 is 5.32 Å². The summed E-state index contributed by atoms with van der Waals surface area (Å²) in [7, 11) is 0. The number of allylic oxidation sites excluding steroid dienone is 2. The third-order valence-corrected chi connectivity index (χ3v) is 5.12. The number of ether oxygens (including phenoxy) is 1. The molecule has 0 unspecified atom stereocenters. The zero-order valence-corrected chi connectivity index (χ0v) is 17.6. The zero-order valence-electron chi connectivity index (χ0n) is 16.7. The van der Waals surface area contributed by atoms with Crippen molar-refractivity contribution in [3.63, 3.8) is 0 Å². The van der Waals surface area contributed by atoms with Gasteiger partial charge in [0.2, 0.25) is 5.91 Å². The Morgan fingerprint density at radius 3 is 2.45 bits per heavy atom. The molecule has 7 nitrogen and oxygen atoms in total. The van der Waals surface area contributed by atoms with E-state index >= 15 is 0 Å². The van der Waals surface area contributed by atoms with E-state index in [0.717, 1.165) is 22.2 Å². The Balaban J connectivity index is 1.58. The van der Waals surface area contributed by atoms with E-state index < -0.39 is 29.6 Å². The molecule has 2 aromatic carbocycles. The summed E-state index contributed by atoms with van der Waals surface area (Å²) >= 11 is 0.791. The Bertz CT molecular complexity index is 1050. The van der Waals surface area contributed by atoms with Gasteiger partial charge >= 0.3 is 5.97 Å². The molecule has 1 N–H and O–H groups in total. The van der Waals surface area contributed by atoms with Crippen molar-refractivity contribution in [3.8, 4) is 0 Å². The number of carbonyl (C=O) groups is 4. The third kappa shape index (κ3) is 5.93. The fourth-order valence-corrected chi connectivity index (χ4v) is 3.50. The van der Waals surface area contributed by atoms with Crippen molar-refractivity contribution in [1.29, 1.82) is 0 Å². The number of thioether (sulfide) groups is 1. The summed E-state index contributed by atoms with van der Waals surface area (Å²) in [6, 6.07) is 15.7. The molecule has 3 rings (SSSR count). The van der Waals surface area contributed by atoms with Crippen LogP contribution in [0.2, 0.25) is 0 Å².